The van der Waals surface area contributed by atoms with E-state index in [1.54, 1.807) is 4.90 Å². The van der Waals surface area contributed by atoms with Crippen LogP contribution in [0.5, 0.6) is 5.75 Å². The first kappa shape index (κ1) is 17.5. The lowest BCUT2D eigenvalue weighted by Crippen LogP contribution is -2.33. The van der Waals surface area contributed by atoms with Crippen LogP contribution in [0.15, 0.2) is 54.6 Å². The minimum atomic E-state index is -0.425. The molecule has 1 saturated heterocycles. The van der Waals surface area contributed by atoms with E-state index >= 15 is 0 Å². The van der Waals surface area contributed by atoms with Crippen molar-refractivity contribution in [1.29, 1.82) is 0 Å². The number of pyridine rings is 1. The van der Waals surface area contributed by atoms with E-state index in [0.29, 0.717) is 6.61 Å². The number of aromatic nitrogens is 1. The van der Waals surface area contributed by atoms with Gasteiger partial charge in [0.1, 0.15) is 12.4 Å². The summed E-state index contributed by atoms with van der Waals surface area (Å²) >= 11 is 0. The number of benzene rings is 2. The number of fused-ring (bicyclic) bond motifs is 1. The van der Waals surface area contributed by atoms with Gasteiger partial charge < -0.3 is 9.64 Å². The molecule has 1 atom stereocenters. The molecule has 27 heavy (non-hydrogen) atoms. The molecule has 138 valence electrons. The predicted molar refractivity (Wildman–Crippen MR) is 107 cm³/mol. The monoisotopic (exact) mass is 360 g/mol. The van der Waals surface area contributed by atoms with Crippen LogP contribution in [-0.2, 0) is 16.8 Å². The van der Waals surface area contributed by atoms with Crippen LogP contribution in [0, 0.1) is 6.92 Å². The third-order valence-corrected chi connectivity index (χ3v) is 5.58. The third-order valence-electron chi connectivity index (χ3n) is 5.58. The molecule has 0 bridgehead atoms. The van der Waals surface area contributed by atoms with Crippen molar-refractivity contribution in [3.8, 4) is 5.75 Å². The average molecular weight is 360 g/mol. The number of hydrogen-bond acceptors (Lipinski definition) is 3. The van der Waals surface area contributed by atoms with Gasteiger partial charge in [-0.1, -0.05) is 30.3 Å². The Morgan fingerprint density at radius 3 is 2.59 bits per heavy atom. The molecule has 1 fully saturated rings. The standard InChI is InChI=1S/C23H24N2O2/c1-16-14-17(20-6-4-5-7-21(20)24-16)15-27-19-10-8-18(9-11-19)23(2)12-13-25(3)22(23)26/h4-11,14H,12-13,15H2,1-3H3. The zero-order valence-corrected chi connectivity index (χ0v) is 16.0. The zero-order chi connectivity index (χ0) is 19.0. The number of aryl methyl sites for hydroxylation is 1. The van der Waals surface area contributed by atoms with Crippen molar-refractivity contribution >= 4 is 16.8 Å². The minimum absolute atomic E-state index is 0.190. The molecule has 1 amide bonds. The predicted octanol–water partition coefficient (Wildman–Crippen LogP) is 4.24. The van der Waals surface area contributed by atoms with E-state index < -0.39 is 5.41 Å². The summed E-state index contributed by atoms with van der Waals surface area (Å²) in [6.07, 6.45) is 0.852. The Morgan fingerprint density at radius 2 is 1.89 bits per heavy atom. The first-order valence-electron chi connectivity index (χ1n) is 9.31. The van der Waals surface area contributed by atoms with Gasteiger partial charge in [-0.2, -0.15) is 0 Å². The average Bonchev–Trinajstić information content (AvgIpc) is 2.95. The summed E-state index contributed by atoms with van der Waals surface area (Å²) in [5, 5.41) is 1.12. The Bertz CT molecular complexity index is 997. The van der Waals surface area contributed by atoms with Crippen molar-refractivity contribution in [2.24, 2.45) is 0 Å². The van der Waals surface area contributed by atoms with Crippen LogP contribution in [0.25, 0.3) is 10.9 Å². The summed E-state index contributed by atoms with van der Waals surface area (Å²) in [6.45, 7) is 5.33. The summed E-state index contributed by atoms with van der Waals surface area (Å²) in [6, 6.07) is 18.2. The lowest BCUT2D eigenvalue weighted by atomic mass is 9.81. The Morgan fingerprint density at radius 1 is 1.15 bits per heavy atom. The second-order valence-electron chi connectivity index (χ2n) is 7.56. The molecule has 1 aromatic heterocycles. The summed E-state index contributed by atoms with van der Waals surface area (Å²) < 4.78 is 6.03. The van der Waals surface area contributed by atoms with Gasteiger partial charge in [0.05, 0.1) is 10.9 Å². The van der Waals surface area contributed by atoms with E-state index in [4.69, 9.17) is 4.74 Å². The van der Waals surface area contributed by atoms with Crippen LogP contribution < -0.4 is 4.74 Å². The molecule has 0 N–H and O–H groups in total. The van der Waals surface area contributed by atoms with Crippen molar-refractivity contribution in [1.82, 2.24) is 9.88 Å². The van der Waals surface area contributed by atoms with Gasteiger partial charge in [0, 0.05) is 30.2 Å². The number of rotatable bonds is 4. The highest BCUT2D eigenvalue weighted by atomic mass is 16.5. The molecule has 0 spiro atoms. The van der Waals surface area contributed by atoms with Gasteiger partial charge in [-0.05, 0) is 50.1 Å². The van der Waals surface area contributed by atoms with Crippen molar-refractivity contribution < 1.29 is 9.53 Å². The topological polar surface area (TPSA) is 42.4 Å². The van der Waals surface area contributed by atoms with E-state index in [1.165, 1.54) is 0 Å². The minimum Gasteiger partial charge on any atom is -0.489 e. The lowest BCUT2D eigenvalue weighted by Gasteiger charge is -2.22. The first-order valence-corrected chi connectivity index (χ1v) is 9.31. The fraction of sp³-hybridized carbons (Fsp3) is 0.304. The van der Waals surface area contributed by atoms with E-state index in [2.05, 4.69) is 17.1 Å². The van der Waals surface area contributed by atoms with Gasteiger partial charge in [-0.15, -0.1) is 0 Å². The molecule has 4 nitrogen and oxygen atoms in total. The second-order valence-corrected chi connectivity index (χ2v) is 7.56. The van der Waals surface area contributed by atoms with Gasteiger partial charge in [0.2, 0.25) is 5.91 Å². The van der Waals surface area contributed by atoms with Gasteiger partial charge in [-0.3, -0.25) is 9.78 Å². The second kappa shape index (κ2) is 6.69. The third kappa shape index (κ3) is 3.16. The molecule has 0 radical (unpaired) electrons. The maximum absolute atomic E-state index is 12.5. The molecular formula is C23H24N2O2. The normalized spacial score (nSPS) is 19.7. The Kier molecular flexibility index (Phi) is 4.34. The smallest absolute Gasteiger partial charge is 0.232 e. The van der Waals surface area contributed by atoms with E-state index in [0.717, 1.165) is 46.4 Å². The molecule has 0 saturated carbocycles. The number of carbonyl (C=O) groups excluding carboxylic acids is 1. The zero-order valence-electron chi connectivity index (χ0n) is 16.0. The molecule has 2 aromatic carbocycles. The van der Waals surface area contributed by atoms with Crippen LogP contribution in [0.3, 0.4) is 0 Å². The number of para-hydroxylation sites is 1. The Labute approximate surface area is 159 Å². The Hall–Kier alpha value is -2.88. The van der Waals surface area contributed by atoms with Crippen LogP contribution in [0.4, 0.5) is 0 Å². The quantitative estimate of drug-likeness (QED) is 0.699. The number of likely N-dealkylation sites (tertiary alicyclic amines) is 1. The lowest BCUT2D eigenvalue weighted by molar-refractivity contribution is -0.130. The maximum Gasteiger partial charge on any atom is 0.232 e. The fourth-order valence-corrected chi connectivity index (χ4v) is 3.88. The number of nitrogens with zero attached hydrogens (tertiary/aromatic N) is 2. The molecule has 4 rings (SSSR count). The summed E-state index contributed by atoms with van der Waals surface area (Å²) in [5.41, 5.74) is 3.73. The van der Waals surface area contributed by atoms with Crippen LogP contribution in [0.1, 0.15) is 30.2 Å². The Balaban J connectivity index is 1.53. The van der Waals surface area contributed by atoms with Crippen molar-refractivity contribution in [2.45, 2.75) is 32.3 Å². The number of ether oxygens (including phenoxy) is 1. The summed E-state index contributed by atoms with van der Waals surface area (Å²) in [5.74, 6) is 0.995. The van der Waals surface area contributed by atoms with E-state index in [9.17, 15) is 4.79 Å². The van der Waals surface area contributed by atoms with Crippen molar-refractivity contribution in [2.75, 3.05) is 13.6 Å². The highest BCUT2D eigenvalue weighted by molar-refractivity contribution is 5.89. The van der Waals surface area contributed by atoms with Crippen LogP contribution >= 0.6 is 0 Å². The van der Waals surface area contributed by atoms with Gasteiger partial charge >= 0.3 is 0 Å². The van der Waals surface area contributed by atoms with Crippen molar-refractivity contribution in [3.05, 3.63) is 71.4 Å². The number of likely N-dealkylation sites (N-methyl/N-ethyl adjacent to an activating group) is 1. The first-order chi connectivity index (χ1) is 13.0. The van der Waals surface area contributed by atoms with Crippen LogP contribution in [0.2, 0.25) is 0 Å². The molecule has 3 aromatic rings. The maximum atomic E-state index is 12.5. The van der Waals surface area contributed by atoms with Crippen molar-refractivity contribution in [3.63, 3.8) is 0 Å². The molecule has 0 aliphatic carbocycles. The largest absolute Gasteiger partial charge is 0.489 e. The van der Waals surface area contributed by atoms with E-state index in [1.807, 2.05) is 63.4 Å². The highest BCUT2D eigenvalue weighted by Gasteiger charge is 2.42. The summed E-state index contributed by atoms with van der Waals surface area (Å²) in [4.78, 5) is 18.9. The molecular weight excluding hydrogens is 336 g/mol. The van der Waals surface area contributed by atoms with Gasteiger partial charge in [-0.25, -0.2) is 0 Å². The molecule has 2 heterocycles. The summed E-state index contributed by atoms with van der Waals surface area (Å²) in [7, 11) is 1.87. The van der Waals surface area contributed by atoms with Crippen LogP contribution in [-0.4, -0.2) is 29.4 Å². The van der Waals surface area contributed by atoms with Gasteiger partial charge in [0.25, 0.3) is 0 Å². The molecule has 4 heteroatoms. The highest BCUT2D eigenvalue weighted by Crippen LogP contribution is 2.35. The number of hydrogen-bond donors (Lipinski definition) is 0. The molecule has 1 aliphatic rings. The molecule has 1 aliphatic heterocycles. The fourth-order valence-electron chi connectivity index (χ4n) is 3.88. The SMILES string of the molecule is Cc1cc(COc2ccc(C3(C)CCN(C)C3=O)cc2)c2ccccc2n1. The number of carbonyl (C=O) groups is 1. The molecule has 1 unspecified atom stereocenters. The number of amides is 1. The van der Waals surface area contributed by atoms with E-state index in [-0.39, 0.29) is 5.91 Å². The van der Waals surface area contributed by atoms with Gasteiger partial charge in [0.15, 0.2) is 0 Å².